The first kappa shape index (κ1) is 11.7. The molecule has 0 aromatic heterocycles. The van der Waals surface area contributed by atoms with Gasteiger partial charge in [-0.3, -0.25) is 0 Å². The fourth-order valence-electron chi connectivity index (χ4n) is 0. The van der Waals surface area contributed by atoms with E-state index in [0.717, 1.165) is 6.42 Å². The van der Waals surface area contributed by atoms with Crippen LogP contribution in [-0.2, 0) is 0 Å². The standard InChI is InChI=1S/C4H11N.BH3O3/c1-3-4(2)5;2-1(3)4/h4H,3,5H2,1-2H3;2-4H. The number of nitrogens with two attached hydrogens (primary N) is 1. The average Bonchev–Trinajstić information content (AvgIpc) is 1.65. The number of rotatable bonds is 1. The third-order valence-electron chi connectivity index (χ3n) is 0.644. The lowest BCUT2D eigenvalue weighted by Gasteiger charge is -1.91. The zero-order valence-electron chi connectivity index (χ0n) is 5.78. The third-order valence-corrected chi connectivity index (χ3v) is 0.644. The molecule has 4 nitrogen and oxygen atoms in total. The first-order valence-corrected chi connectivity index (χ1v) is 2.80. The molecule has 0 radical (unpaired) electrons. The van der Waals surface area contributed by atoms with E-state index in [1.54, 1.807) is 0 Å². The van der Waals surface area contributed by atoms with Gasteiger partial charge in [-0.2, -0.15) is 0 Å². The predicted octanol–water partition coefficient (Wildman–Crippen LogP) is -1.31. The van der Waals surface area contributed by atoms with Crippen molar-refractivity contribution in [1.82, 2.24) is 0 Å². The molecule has 9 heavy (non-hydrogen) atoms. The summed E-state index contributed by atoms with van der Waals surface area (Å²) in [6.07, 6.45) is 1.08. The van der Waals surface area contributed by atoms with Gasteiger partial charge in [-0.05, 0) is 13.3 Å². The SMILES string of the molecule is CCC(C)N.OB(O)O. The monoisotopic (exact) mass is 135 g/mol. The van der Waals surface area contributed by atoms with E-state index in [1.165, 1.54) is 0 Å². The molecule has 1 unspecified atom stereocenters. The van der Waals surface area contributed by atoms with Gasteiger partial charge in [0, 0.05) is 6.04 Å². The summed E-state index contributed by atoms with van der Waals surface area (Å²) in [6.45, 7) is 4.07. The van der Waals surface area contributed by atoms with Gasteiger partial charge < -0.3 is 20.8 Å². The zero-order valence-corrected chi connectivity index (χ0v) is 5.78. The Morgan fingerprint density at radius 1 is 1.44 bits per heavy atom. The Kier molecular flexibility index (Phi) is 10.3. The maximum atomic E-state index is 7.17. The Labute approximate surface area is 55.5 Å². The first-order valence-electron chi connectivity index (χ1n) is 2.80. The fraction of sp³-hybridized carbons (Fsp3) is 1.00. The third kappa shape index (κ3) is 76.0. The van der Waals surface area contributed by atoms with E-state index in [9.17, 15) is 0 Å². The van der Waals surface area contributed by atoms with E-state index in [4.69, 9.17) is 20.8 Å². The van der Waals surface area contributed by atoms with Gasteiger partial charge in [-0.25, -0.2) is 0 Å². The van der Waals surface area contributed by atoms with E-state index in [-0.39, 0.29) is 0 Å². The molecule has 0 aromatic carbocycles. The Balaban J connectivity index is 0. The summed E-state index contributed by atoms with van der Waals surface area (Å²) in [5.41, 5.74) is 5.29. The number of hydrogen-bond donors (Lipinski definition) is 4. The van der Waals surface area contributed by atoms with E-state index in [2.05, 4.69) is 6.92 Å². The van der Waals surface area contributed by atoms with Gasteiger partial charge in [-0.15, -0.1) is 0 Å². The van der Waals surface area contributed by atoms with Crippen LogP contribution in [-0.4, -0.2) is 28.4 Å². The van der Waals surface area contributed by atoms with Crippen LogP contribution in [0.4, 0.5) is 0 Å². The van der Waals surface area contributed by atoms with Gasteiger partial charge in [0.2, 0.25) is 0 Å². The smallest absolute Gasteiger partial charge is 0.402 e. The second-order valence-corrected chi connectivity index (χ2v) is 1.73. The van der Waals surface area contributed by atoms with Gasteiger partial charge in [0.25, 0.3) is 0 Å². The van der Waals surface area contributed by atoms with Crippen molar-refractivity contribution < 1.29 is 15.1 Å². The minimum absolute atomic E-state index is 0.384. The maximum absolute atomic E-state index is 7.17. The second kappa shape index (κ2) is 7.90. The molecule has 5 N–H and O–H groups in total. The minimum atomic E-state index is -2.17. The summed E-state index contributed by atoms with van der Waals surface area (Å²) in [4.78, 5) is 0. The van der Waals surface area contributed by atoms with Gasteiger partial charge in [-0.1, -0.05) is 6.92 Å². The van der Waals surface area contributed by atoms with Crippen LogP contribution in [0.2, 0.25) is 0 Å². The molecule has 0 aliphatic heterocycles. The molecule has 0 saturated carbocycles. The molecule has 0 spiro atoms. The van der Waals surface area contributed by atoms with Crippen LogP contribution in [0, 0.1) is 0 Å². The van der Waals surface area contributed by atoms with Crippen LogP contribution in [0.15, 0.2) is 0 Å². The fourth-order valence-corrected chi connectivity index (χ4v) is 0. The first-order chi connectivity index (χ1) is 4.00. The molecule has 0 amide bonds. The van der Waals surface area contributed by atoms with Crippen LogP contribution in [0.1, 0.15) is 20.3 Å². The molecule has 0 saturated heterocycles. The molecule has 0 aliphatic carbocycles. The summed E-state index contributed by atoms with van der Waals surface area (Å²) in [7, 11) is -2.17. The molecule has 0 fully saturated rings. The lowest BCUT2D eigenvalue weighted by Crippen LogP contribution is -2.11. The summed E-state index contributed by atoms with van der Waals surface area (Å²) in [5, 5.41) is 21.5. The van der Waals surface area contributed by atoms with Crippen LogP contribution < -0.4 is 5.73 Å². The normalized spacial score (nSPS) is 11.3. The van der Waals surface area contributed by atoms with E-state index in [1.807, 2.05) is 6.92 Å². The van der Waals surface area contributed by atoms with Crippen LogP contribution in [0.25, 0.3) is 0 Å². The molecular formula is C4H14BNO3. The Bertz CT molecular complexity index is 48.3. The topological polar surface area (TPSA) is 86.7 Å². The molecule has 0 heterocycles. The molecule has 0 aliphatic rings. The number of hydrogen-bond acceptors (Lipinski definition) is 4. The van der Waals surface area contributed by atoms with Crippen molar-refractivity contribution in [2.24, 2.45) is 5.73 Å². The summed E-state index contributed by atoms with van der Waals surface area (Å²) >= 11 is 0. The summed E-state index contributed by atoms with van der Waals surface area (Å²) < 4.78 is 0. The highest BCUT2D eigenvalue weighted by Crippen LogP contribution is 1.77. The van der Waals surface area contributed by atoms with E-state index in [0.29, 0.717) is 6.04 Å². The quantitative estimate of drug-likeness (QED) is 0.336. The van der Waals surface area contributed by atoms with E-state index < -0.39 is 7.32 Å². The molecule has 5 heteroatoms. The Hall–Kier alpha value is -0.0951. The van der Waals surface area contributed by atoms with Gasteiger partial charge >= 0.3 is 7.32 Å². The highest BCUT2D eigenvalue weighted by molar-refractivity contribution is 6.30. The van der Waals surface area contributed by atoms with E-state index >= 15 is 0 Å². The summed E-state index contributed by atoms with van der Waals surface area (Å²) in [5.74, 6) is 0. The van der Waals surface area contributed by atoms with Crippen molar-refractivity contribution in [2.75, 3.05) is 0 Å². The molecular weight excluding hydrogens is 121 g/mol. The lowest BCUT2D eigenvalue weighted by atomic mass is 10.3. The van der Waals surface area contributed by atoms with Crippen molar-refractivity contribution in [3.8, 4) is 0 Å². The zero-order chi connectivity index (χ0) is 7.86. The summed E-state index contributed by atoms with van der Waals surface area (Å²) in [6, 6.07) is 0.384. The van der Waals surface area contributed by atoms with Gasteiger partial charge in [0.05, 0.1) is 0 Å². The van der Waals surface area contributed by atoms with Crippen LogP contribution in [0.5, 0.6) is 0 Å². The van der Waals surface area contributed by atoms with Crippen molar-refractivity contribution in [2.45, 2.75) is 26.3 Å². The molecule has 0 rings (SSSR count). The average molecular weight is 135 g/mol. The molecule has 1 atom stereocenters. The van der Waals surface area contributed by atoms with Crippen LogP contribution >= 0.6 is 0 Å². The maximum Gasteiger partial charge on any atom is 0.631 e. The largest absolute Gasteiger partial charge is 0.631 e. The van der Waals surface area contributed by atoms with Crippen molar-refractivity contribution in [3.63, 3.8) is 0 Å². The predicted molar refractivity (Wildman–Crippen MR) is 36.4 cm³/mol. The van der Waals surface area contributed by atoms with Crippen molar-refractivity contribution >= 4 is 7.32 Å². The van der Waals surface area contributed by atoms with Crippen molar-refractivity contribution in [3.05, 3.63) is 0 Å². The molecule has 56 valence electrons. The second-order valence-electron chi connectivity index (χ2n) is 1.73. The van der Waals surface area contributed by atoms with Gasteiger partial charge in [0.15, 0.2) is 0 Å². The highest BCUT2D eigenvalue weighted by Gasteiger charge is 1.92. The minimum Gasteiger partial charge on any atom is -0.402 e. The highest BCUT2D eigenvalue weighted by atomic mass is 16.5. The van der Waals surface area contributed by atoms with Crippen LogP contribution in [0.3, 0.4) is 0 Å². The lowest BCUT2D eigenvalue weighted by molar-refractivity contribution is 0.278. The molecule has 0 bridgehead atoms. The Morgan fingerprint density at radius 2 is 1.56 bits per heavy atom. The Morgan fingerprint density at radius 3 is 1.56 bits per heavy atom. The van der Waals surface area contributed by atoms with Crippen molar-refractivity contribution in [1.29, 1.82) is 0 Å². The van der Waals surface area contributed by atoms with Gasteiger partial charge in [0.1, 0.15) is 0 Å². The molecule has 0 aromatic rings.